The maximum Gasteiger partial charge on any atom is -0.0229 e. The molecule has 0 aromatic rings. The van der Waals surface area contributed by atoms with E-state index in [0.717, 1.165) is 0 Å². The Morgan fingerprint density at radius 1 is 0.800 bits per heavy atom. The summed E-state index contributed by atoms with van der Waals surface area (Å²) in [5, 5.41) is 2.62. The quantitative estimate of drug-likeness (QED) is 0.537. The van der Waals surface area contributed by atoms with E-state index in [2.05, 4.69) is 37.0 Å². The molecule has 1 rings (SSSR count). The Hall–Kier alpha value is 1.20. The van der Waals surface area contributed by atoms with E-state index in [1.54, 1.807) is 0 Å². The molecule has 1 fully saturated rings. The first-order valence-electron chi connectivity index (χ1n) is 3.11. The molecule has 1 saturated carbocycles. The summed E-state index contributed by atoms with van der Waals surface area (Å²) in [5.41, 5.74) is 2.99. The van der Waals surface area contributed by atoms with Gasteiger partial charge in [0.1, 0.15) is 0 Å². The highest BCUT2D eigenvalue weighted by molar-refractivity contribution is 7.46. The van der Waals surface area contributed by atoms with Crippen LogP contribution < -0.4 is 0 Å². The fourth-order valence-corrected chi connectivity index (χ4v) is 2.29. The summed E-state index contributed by atoms with van der Waals surface area (Å²) in [6.45, 7) is 0. The lowest BCUT2D eigenvalue weighted by molar-refractivity contribution is 0.826. The molecule has 0 radical (unpaired) electrons. The molecule has 1 aliphatic carbocycles. The normalized spacial score (nSPS) is 16.8. The lowest BCUT2D eigenvalue weighted by atomic mass is 9.88. The molecule has 0 spiro atoms. The first-order valence-corrected chi connectivity index (χ1v) is 5.42. The van der Waals surface area contributed by atoms with Crippen molar-refractivity contribution in [1.82, 2.24) is 0 Å². The van der Waals surface area contributed by atoms with E-state index in [1.807, 2.05) is 0 Å². The SMILES string of the molecule is PC(P)=C1CCC1=C(P)P. The average molecular weight is 208 g/mol. The van der Waals surface area contributed by atoms with Crippen LogP contribution in [0.2, 0.25) is 0 Å². The minimum Gasteiger partial charge on any atom is -0.105 e. The van der Waals surface area contributed by atoms with Crippen molar-refractivity contribution in [2.45, 2.75) is 12.8 Å². The van der Waals surface area contributed by atoms with Crippen LogP contribution in [0.15, 0.2) is 21.3 Å². The fourth-order valence-electron chi connectivity index (χ4n) is 1.01. The van der Waals surface area contributed by atoms with Gasteiger partial charge < -0.3 is 0 Å². The minimum absolute atomic E-state index is 1.24. The van der Waals surface area contributed by atoms with Crippen LogP contribution in [0.1, 0.15) is 12.8 Å². The van der Waals surface area contributed by atoms with Gasteiger partial charge in [0.2, 0.25) is 0 Å². The van der Waals surface area contributed by atoms with Gasteiger partial charge in [0.15, 0.2) is 0 Å². The summed E-state index contributed by atoms with van der Waals surface area (Å²) in [6.07, 6.45) is 2.48. The summed E-state index contributed by atoms with van der Waals surface area (Å²) in [5.74, 6) is 0. The topological polar surface area (TPSA) is 0 Å². The van der Waals surface area contributed by atoms with Gasteiger partial charge in [-0.25, -0.2) is 0 Å². The molecule has 0 amide bonds. The third-order valence-corrected chi connectivity index (χ3v) is 3.08. The molecule has 0 nitrogen and oxygen atoms in total. The van der Waals surface area contributed by atoms with E-state index in [9.17, 15) is 0 Å². The van der Waals surface area contributed by atoms with E-state index in [1.165, 1.54) is 34.1 Å². The zero-order chi connectivity index (χ0) is 7.72. The maximum atomic E-state index is 2.73. The van der Waals surface area contributed by atoms with E-state index >= 15 is 0 Å². The van der Waals surface area contributed by atoms with Crippen molar-refractivity contribution in [2.24, 2.45) is 0 Å². The maximum absolute atomic E-state index is 2.73. The lowest BCUT2D eigenvalue weighted by Crippen LogP contribution is -2.03. The third-order valence-electron chi connectivity index (χ3n) is 1.69. The molecule has 4 atom stereocenters. The number of hydrogen-bond donors (Lipinski definition) is 0. The van der Waals surface area contributed by atoms with Crippen LogP contribution in [-0.4, -0.2) is 0 Å². The van der Waals surface area contributed by atoms with Gasteiger partial charge in [0, 0.05) is 0 Å². The first-order chi connectivity index (χ1) is 4.63. The first kappa shape index (κ1) is 9.29. The Balaban J connectivity index is 2.89. The van der Waals surface area contributed by atoms with Crippen LogP contribution in [0, 0.1) is 0 Å². The highest BCUT2D eigenvalue weighted by Gasteiger charge is 2.18. The highest BCUT2D eigenvalue weighted by atomic mass is 31.1. The van der Waals surface area contributed by atoms with Crippen molar-refractivity contribution < 1.29 is 0 Å². The minimum atomic E-state index is 1.24. The Bertz CT molecular complexity index is 182. The van der Waals surface area contributed by atoms with Crippen LogP contribution in [0.25, 0.3) is 0 Å². The summed E-state index contributed by atoms with van der Waals surface area (Å²) in [4.78, 5) is 0. The molecular weight excluding hydrogens is 196 g/mol. The zero-order valence-corrected chi connectivity index (χ0v) is 10.3. The number of rotatable bonds is 0. The van der Waals surface area contributed by atoms with Gasteiger partial charge in [0.25, 0.3) is 0 Å². The van der Waals surface area contributed by atoms with Gasteiger partial charge in [0.05, 0.1) is 0 Å². The van der Waals surface area contributed by atoms with E-state index < -0.39 is 0 Å². The number of allylic oxidation sites excluding steroid dienone is 2. The van der Waals surface area contributed by atoms with Gasteiger partial charge in [-0.1, -0.05) is 0 Å². The van der Waals surface area contributed by atoms with Crippen LogP contribution >= 0.6 is 37.0 Å². The van der Waals surface area contributed by atoms with Crippen molar-refractivity contribution >= 4 is 37.0 Å². The second kappa shape index (κ2) is 3.74. The Morgan fingerprint density at radius 3 is 1.20 bits per heavy atom. The summed E-state index contributed by atoms with van der Waals surface area (Å²) in [6, 6.07) is 0. The van der Waals surface area contributed by atoms with Crippen LogP contribution in [0.4, 0.5) is 0 Å². The largest absolute Gasteiger partial charge is 0.105 e. The van der Waals surface area contributed by atoms with Gasteiger partial charge in [-0.05, 0) is 34.1 Å². The van der Waals surface area contributed by atoms with Gasteiger partial charge in [-0.2, -0.15) is 0 Å². The van der Waals surface area contributed by atoms with Crippen molar-refractivity contribution in [2.75, 3.05) is 0 Å². The standard InChI is InChI=1S/C6H12P4/c7-5(8)3-1-2-4(3)6(9)10/h1-2,7-10H2. The molecule has 0 N–H and O–H groups in total. The third kappa shape index (κ3) is 1.87. The molecule has 10 heavy (non-hydrogen) atoms. The molecule has 0 bridgehead atoms. The lowest BCUT2D eigenvalue weighted by Gasteiger charge is -2.24. The Kier molecular flexibility index (Phi) is 3.47. The molecule has 56 valence electrons. The molecular formula is C6H12P4. The predicted molar refractivity (Wildman–Crippen MR) is 62.1 cm³/mol. The summed E-state index contributed by atoms with van der Waals surface area (Å²) < 4.78 is 0. The van der Waals surface area contributed by atoms with Gasteiger partial charge in [-0.15, -0.1) is 37.0 Å². The van der Waals surface area contributed by atoms with Gasteiger partial charge >= 0.3 is 0 Å². The van der Waals surface area contributed by atoms with Crippen molar-refractivity contribution in [3.05, 3.63) is 21.3 Å². The molecule has 4 heteroatoms. The van der Waals surface area contributed by atoms with Crippen molar-refractivity contribution in [3.63, 3.8) is 0 Å². The van der Waals surface area contributed by atoms with Crippen molar-refractivity contribution in [1.29, 1.82) is 0 Å². The molecule has 0 aromatic carbocycles. The van der Waals surface area contributed by atoms with Crippen LogP contribution in [-0.2, 0) is 0 Å². The monoisotopic (exact) mass is 208 g/mol. The summed E-state index contributed by atoms with van der Waals surface area (Å²) in [7, 11) is 10.9. The van der Waals surface area contributed by atoms with E-state index in [-0.39, 0.29) is 0 Å². The van der Waals surface area contributed by atoms with Crippen LogP contribution in [0.3, 0.4) is 0 Å². The Labute approximate surface area is 71.5 Å². The molecule has 1 aliphatic rings. The smallest absolute Gasteiger partial charge is 0.0229 e. The molecule has 0 heterocycles. The van der Waals surface area contributed by atoms with Crippen molar-refractivity contribution in [3.8, 4) is 0 Å². The van der Waals surface area contributed by atoms with E-state index in [4.69, 9.17) is 0 Å². The molecule has 0 aliphatic heterocycles. The average Bonchev–Trinajstić information content (AvgIpc) is 1.56. The second-order valence-corrected chi connectivity index (χ2v) is 6.19. The zero-order valence-electron chi connectivity index (χ0n) is 5.72. The Morgan fingerprint density at radius 2 is 1.10 bits per heavy atom. The molecule has 0 saturated heterocycles. The van der Waals surface area contributed by atoms with Crippen LogP contribution in [0.5, 0.6) is 0 Å². The molecule has 0 aromatic heterocycles. The highest BCUT2D eigenvalue weighted by Crippen LogP contribution is 2.44. The predicted octanol–water partition coefficient (Wildman–Crippen LogP) is 2.70. The summed E-state index contributed by atoms with van der Waals surface area (Å²) >= 11 is 0. The fraction of sp³-hybridized carbons (Fsp3) is 0.333. The number of hydrogen-bond acceptors (Lipinski definition) is 0. The van der Waals surface area contributed by atoms with Gasteiger partial charge in [-0.3, -0.25) is 0 Å². The molecule has 4 unspecified atom stereocenters. The second-order valence-electron chi connectivity index (χ2n) is 2.37. The van der Waals surface area contributed by atoms with E-state index in [0.29, 0.717) is 0 Å².